The van der Waals surface area contributed by atoms with Crippen molar-refractivity contribution in [3.63, 3.8) is 0 Å². The summed E-state index contributed by atoms with van der Waals surface area (Å²) in [7, 11) is 0. The summed E-state index contributed by atoms with van der Waals surface area (Å²) >= 11 is 0. The van der Waals surface area contributed by atoms with Gasteiger partial charge in [-0.1, -0.05) is 12.8 Å². The number of nitrogens with one attached hydrogen (secondary N) is 1. The quantitative estimate of drug-likeness (QED) is 0.847. The smallest absolute Gasteiger partial charge is 0.259 e. The highest BCUT2D eigenvalue weighted by molar-refractivity contribution is 6.04. The number of nitrogens with zero attached hydrogens (tertiary/aromatic N) is 3. The molecule has 0 radical (unpaired) electrons. The Hall–Kier alpha value is -2.83. The molecule has 7 heteroatoms. The minimum absolute atomic E-state index is 0.115. The number of hydrogen-bond donors (Lipinski definition) is 1. The van der Waals surface area contributed by atoms with E-state index in [1.165, 1.54) is 30.5 Å². The zero-order valence-corrected chi connectivity index (χ0v) is 16.5. The summed E-state index contributed by atoms with van der Waals surface area (Å²) in [6.07, 6.45) is 7.52. The summed E-state index contributed by atoms with van der Waals surface area (Å²) in [6.45, 7) is 2.51. The molecule has 1 atom stereocenters. The molecular weight excluding hydrogens is 371 g/mol. The van der Waals surface area contributed by atoms with Crippen LogP contribution >= 0.6 is 0 Å². The Balaban J connectivity index is 1.49. The van der Waals surface area contributed by atoms with Gasteiger partial charge in [-0.05, 0) is 56.9 Å². The maximum absolute atomic E-state index is 13.0. The van der Waals surface area contributed by atoms with Crippen molar-refractivity contribution in [2.75, 3.05) is 11.9 Å². The topological polar surface area (TPSA) is 75.2 Å². The SMILES string of the molecule is Cc1nc([C@H]2CCCN2C(=O)C2CCCC2)ncc1C(=O)Nc1ccc(F)cc1. The number of carbonyl (C=O) groups excluding carboxylic acids is 2. The van der Waals surface area contributed by atoms with E-state index in [0.717, 1.165) is 45.1 Å². The number of anilines is 1. The zero-order valence-electron chi connectivity index (χ0n) is 16.5. The number of hydrogen-bond acceptors (Lipinski definition) is 4. The van der Waals surface area contributed by atoms with Crippen LogP contribution in [0.2, 0.25) is 0 Å². The van der Waals surface area contributed by atoms with Crippen LogP contribution in [0.4, 0.5) is 10.1 Å². The first-order valence-electron chi connectivity index (χ1n) is 10.2. The third kappa shape index (κ3) is 4.13. The van der Waals surface area contributed by atoms with E-state index in [2.05, 4.69) is 15.3 Å². The monoisotopic (exact) mass is 396 g/mol. The van der Waals surface area contributed by atoms with E-state index >= 15 is 0 Å². The molecule has 1 aliphatic carbocycles. The number of carbonyl (C=O) groups is 2. The zero-order chi connectivity index (χ0) is 20.4. The minimum atomic E-state index is -0.361. The molecular formula is C22H25FN4O2. The first kappa shape index (κ1) is 19.5. The van der Waals surface area contributed by atoms with E-state index in [1.807, 2.05) is 4.90 Å². The average Bonchev–Trinajstić information content (AvgIpc) is 3.41. The molecule has 2 amide bonds. The molecule has 0 bridgehead atoms. The van der Waals surface area contributed by atoms with Gasteiger partial charge in [-0.3, -0.25) is 9.59 Å². The highest BCUT2D eigenvalue weighted by atomic mass is 19.1. The number of benzene rings is 1. The van der Waals surface area contributed by atoms with E-state index in [-0.39, 0.29) is 29.6 Å². The third-order valence-electron chi connectivity index (χ3n) is 5.88. The molecule has 1 saturated heterocycles. The number of aromatic nitrogens is 2. The number of halogens is 1. The molecule has 0 unspecified atom stereocenters. The molecule has 2 aromatic rings. The number of rotatable bonds is 4. The van der Waals surface area contributed by atoms with Crippen molar-refractivity contribution >= 4 is 17.5 Å². The first-order valence-corrected chi connectivity index (χ1v) is 10.2. The van der Waals surface area contributed by atoms with Crippen LogP contribution in [0.3, 0.4) is 0 Å². The molecule has 152 valence electrons. The van der Waals surface area contributed by atoms with Gasteiger partial charge < -0.3 is 10.2 Å². The first-order chi connectivity index (χ1) is 14.0. The molecule has 1 saturated carbocycles. The molecule has 1 aromatic carbocycles. The Morgan fingerprint density at radius 2 is 1.83 bits per heavy atom. The maximum atomic E-state index is 13.0. The predicted molar refractivity (Wildman–Crippen MR) is 107 cm³/mol. The minimum Gasteiger partial charge on any atom is -0.332 e. The Kier molecular flexibility index (Phi) is 5.56. The molecule has 0 spiro atoms. The Bertz CT molecular complexity index is 910. The van der Waals surface area contributed by atoms with Gasteiger partial charge >= 0.3 is 0 Å². The van der Waals surface area contributed by atoms with Gasteiger partial charge in [0.1, 0.15) is 5.82 Å². The summed E-state index contributed by atoms with van der Waals surface area (Å²) in [5.74, 6) is 0.262. The highest BCUT2D eigenvalue weighted by Gasteiger charge is 2.36. The normalized spacial score (nSPS) is 19.5. The number of aryl methyl sites for hydroxylation is 1. The van der Waals surface area contributed by atoms with Gasteiger partial charge in [-0.2, -0.15) is 0 Å². The van der Waals surface area contributed by atoms with Crippen LogP contribution in [-0.2, 0) is 4.79 Å². The molecule has 1 aromatic heterocycles. The average molecular weight is 396 g/mol. The van der Waals surface area contributed by atoms with Crippen molar-refractivity contribution < 1.29 is 14.0 Å². The lowest BCUT2D eigenvalue weighted by Crippen LogP contribution is -2.35. The van der Waals surface area contributed by atoms with Gasteiger partial charge in [0.2, 0.25) is 5.91 Å². The number of likely N-dealkylation sites (tertiary alicyclic amines) is 1. The molecule has 29 heavy (non-hydrogen) atoms. The Labute approximate surface area is 169 Å². The van der Waals surface area contributed by atoms with Crippen molar-refractivity contribution in [2.24, 2.45) is 5.92 Å². The predicted octanol–water partition coefficient (Wildman–Crippen LogP) is 4.03. The van der Waals surface area contributed by atoms with Gasteiger partial charge in [0.25, 0.3) is 5.91 Å². The van der Waals surface area contributed by atoms with E-state index in [9.17, 15) is 14.0 Å². The maximum Gasteiger partial charge on any atom is 0.259 e. The molecule has 2 fully saturated rings. The van der Waals surface area contributed by atoms with Crippen molar-refractivity contribution in [3.8, 4) is 0 Å². The van der Waals surface area contributed by atoms with Crippen LogP contribution in [0.15, 0.2) is 30.5 Å². The van der Waals surface area contributed by atoms with Gasteiger partial charge in [-0.15, -0.1) is 0 Å². The molecule has 6 nitrogen and oxygen atoms in total. The largest absolute Gasteiger partial charge is 0.332 e. The van der Waals surface area contributed by atoms with Crippen LogP contribution in [0, 0.1) is 18.7 Å². The lowest BCUT2D eigenvalue weighted by atomic mass is 10.1. The third-order valence-corrected chi connectivity index (χ3v) is 5.88. The van der Waals surface area contributed by atoms with E-state index in [1.54, 1.807) is 6.92 Å². The van der Waals surface area contributed by atoms with Gasteiger partial charge in [0, 0.05) is 24.3 Å². The fourth-order valence-electron chi connectivity index (χ4n) is 4.31. The van der Waals surface area contributed by atoms with Crippen LogP contribution in [0.5, 0.6) is 0 Å². The second-order valence-electron chi connectivity index (χ2n) is 7.86. The van der Waals surface area contributed by atoms with Crippen molar-refractivity contribution in [1.82, 2.24) is 14.9 Å². The summed E-state index contributed by atoms with van der Waals surface area (Å²) in [5.41, 5.74) is 1.43. The van der Waals surface area contributed by atoms with E-state index in [0.29, 0.717) is 22.8 Å². The van der Waals surface area contributed by atoms with Crippen LogP contribution in [0.1, 0.15) is 66.4 Å². The van der Waals surface area contributed by atoms with E-state index < -0.39 is 0 Å². The van der Waals surface area contributed by atoms with Gasteiger partial charge in [0.05, 0.1) is 17.3 Å². The fraction of sp³-hybridized carbons (Fsp3) is 0.455. The molecule has 1 N–H and O–H groups in total. The summed E-state index contributed by atoms with van der Waals surface area (Å²) < 4.78 is 13.0. The Morgan fingerprint density at radius 1 is 1.10 bits per heavy atom. The van der Waals surface area contributed by atoms with E-state index in [4.69, 9.17) is 0 Å². The highest BCUT2D eigenvalue weighted by Crippen LogP contribution is 2.35. The lowest BCUT2D eigenvalue weighted by molar-refractivity contribution is -0.136. The molecule has 2 aliphatic rings. The second kappa shape index (κ2) is 8.27. The Morgan fingerprint density at radius 3 is 2.52 bits per heavy atom. The molecule has 1 aliphatic heterocycles. The molecule has 4 rings (SSSR count). The number of amides is 2. The van der Waals surface area contributed by atoms with Gasteiger partial charge in [-0.25, -0.2) is 14.4 Å². The standard InChI is InChI=1S/C22H25FN4O2/c1-14-18(21(28)26-17-10-8-16(23)9-11-17)13-24-20(25-14)19-7-4-12-27(19)22(29)15-5-2-3-6-15/h8-11,13,15,19H,2-7,12H2,1H3,(H,26,28)/t19-/m1/s1. The van der Waals surface area contributed by atoms with Crippen LogP contribution in [0.25, 0.3) is 0 Å². The lowest BCUT2D eigenvalue weighted by Gasteiger charge is -2.26. The molecule has 2 heterocycles. The van der Waals surface area contributed by atoms with Gasteiger partial charge in [0.15, 0.2) is 5.82 Å². The van der Waals surface area contributed by atoms with Crippen LogP contribution in [-0.4, -0.2) is 33.2 Å². The van der Waals surface area contributed by atoms with Crippen molar-refractivity contribution in [1.29, 1.82) is 0 Å². The van der Waals surface area contributed by atoms with Crippen molar-refractivity contribution in [3.05, 3.63) is 53.4 Å². The van der Waals surface area contributed by atoms with Crippen LogP contribution < -0.4 is 5.32 Å². The fourth-order valence-corrected chi connectivity index (χ4v) is 4.31. The van der Waals surface area contributed by atoms with Crippen molar-refractivity contribution in [2.45, 2.75) is 51.5 Å². The summed E-state index contributed by atoms with van der Waals surface area (Å²) in [4.78, 5) is 36.4. The summed E-state index contributed by atoms with van der Waals surface area (Å²) in [5, 5.41) is 2.73. The second-order valence-corrected chi connectivity index (χ2v) is 7.86. The summed E-state index contributed by atoms with van der Waals surface area (Å²) in [6, 6.07) is 5.47.